The second-order valence-corrected chi connectivity index (χ2v) is 3.17. The number of hydrogen-bond acceptors (Lipinski definition) is 1. The van der Waals surface area contributed by atoms with Crippen LogP contribution in [-0.2, 0) is 4.79 Å². The van der Waals surface area contributed by atoms with Gasteiger partial charge in [-0.1, -0.05) is 19.3 Å². The third-order valence-electron chi connectivity index (χ3n) is 2.47. The van der Waals surface area contributed by atoms with E-state index >= 15 is 0 Å². The highest BCUT2D eigenvalue weighted by atomic mass is 16.1. The summed E-state index contributed by atoms with van der Waals surface area (Å²) in [5, 5.41) is 0. The van der Waals surface area contributed by atoms with Gasteiger partial charge in [-0.15, -0.1) is 0 Å². The average Bonchev–Trinajstić information content (AvgIpc) is 2.09. The highest BCUT2D eigenvalue weighted by Gasteiger charge is 2.18. The molecule has 1 amide bonds. The van der Waals surface area contributed by atoms with E-state index in [9.17, 15) is 4.79 Å². The van der Waals surface area contributed by atoms with Gasteiger partial charge in [0.25, 0.3) is 0 Å². The Morgan fingerprint density at radius 3 is 2.45 bits per heavy atom. The first kappa shape index (κ1) is 8.57. The molecule has 0 aromatic carbocycles. The first-order valence-electron chi connectivity index (χ1n) is 4.53. The fourth-order valence-electron chi connectivity index (χ4n) is 1.79. The number of hydrogen-bond donors (Lipinski definition) is 0. The molecule has 0 heterocycles. The van der Waals surface area contributed by atoms with Gasteiger partial charge in [-0.05, 0) is 19.8 Å². The van der Waals surface area contributed by atoms with E-state index in [0.29, 0.717) is 6.04 Å². The van der Waals surface area contributed by atoms with Crippen molar-refractivity contribution in [1.29, 1.82) is 0 Å². The third-order valence-corrected chi connectivity index (χ3v) is 2.47. The Balaban J connectivity index is 2.35. The Morgan fingerprint density at radius 2 is 2.00 bits per heavy atom. The van der Waals surface area contributed by atoms with E-state index in [-0.39, 0.29) is 0 Å². The molecule has 0 atom stereocenters. The lowest BCUT2D eigenvalue weighted by Crippen LogP contribution is -2.35. The number of carbonyl (C=O) groups excluding carboxylic acids is 1. The minimum Gasteiger partial charge on any atom is -0.332 e. The summed E-state index contributed by atoms with van der Waals surface area (Å²) in [6, 6.07) is 0.492. The number of nitrogens with zero attached hydrogens (tertiary/aromatic N) is 1. The summed E-state index contributed by atoms with van der Waals surface area (Å²) in [5.41, 5.74) is 0. The SMILES string of the molecule is CCN([C]=O)C1CCCCC1. The Labute approximate surface area is 68.6 Å². The minimum absolute atomic E-state index is 0.492. The van der Waals surface area contributed by atoms with E-state index < -0.39 is 0 Å². The summed E-state index contributed by atoms with van der Waals surface area (Å²) in [6.45, 7) is 2.83. The van der Waals surface area contributed by atoms with Crippen molar-refractivity contribution in [2.24, 2.45) is 0 Å². The van der Waals surface area contributed by atoms with Crippen LogP contribution in [0.5, 0.6) is 0 Å². The van der Waals surface area contributed by atoms with Crippen molar-refractivity contribution < 1.29 is 4.79 Å². The van der Waals surface area contributed by atoms with Crippen LogP contribution >= 0.6 is 0 Å². The van der Waals surface area contributed by atoms with Gasteiger partial charge >= 0.3 is 6.41 Å². The molecule has 0 aromatic heterocycles. The second-order valence-electron chi connectivity index (χ2n) is 3.17. The first-order chi connectivity index (χ1) is 5.38. The summed E-state index contributed by atoms with van der Waals surface area (Å²) in [5.74, 6) is 0. The predicted molar refractivity (Wildman–Crippen MR) is 44.9 cm³/mol. The average molecular weight is 154 g/mol. The molecular formula is C9H16NO. The molecule has 1 fully saturated rings. The van der Waals surface area contributed by atoms with Crippen molar-refractivity contribution in [2.45, 2.75) is 45.1 Å². The molecule has 0 bridgehead atoms. The van der Waals surface area contributed by atoms with Crippen LogP contribution in [0.3, 0.4) is 0 Å². The first-order valence-corrected chi connectivity index (χ1v) is 4.53. The smallest absolute Gasteiger partial charge is 0.312 e. The van der Waals surface area contributed by atoms with Crippen LogP contribution in [-0.4, -0.2) is 23.9 Å². The van der Waals surface area contributed by atoms with Crippen LogP contribution in [0.2, 0.25) is 0 Å². The molecule has 0 aliphatic heterocycles. The number of amides is 1. The maximum atomic E-state index is 10.4. The van der Waals surface area contributed by atoms with E-state index in [1.807, 2.05) is 13.3 Å². The molecule has 2 heteroatoms. The van der Waals surface area contributed by atoms with Gasteiger partial charge < -0.3 is 4.90 Å². The highest BCUT2D eigenvalue weighted by molar-refractivity contribution is 5.48. The highest BCUT2D eigenvalue weighted by Crippen LogP contribution is 2.21. The van der Waals surface area contributed by atoms with Gasteiger partial charge in [-0.3, -0.25) is 4.79 Å². The van der Waals surface area contributed by atoms with Gasteiger partial charge in [0, 0.05) is 12.6 Å². The number of rotatable bonds is 3. The van der Waals surface area contributed by atoms with E-state index in [4.69, 9.17) is 0 Å². The van der Waals surface area contributed by atoms with Crippen molar-refractivity contribution in [2.75, 3.05) is 6.54 Å². The van der Waals surface area contributed by atoms with Crippen LogP contribution in [0.25, 0.3) is 0 Å². The minimum atomic E-state index is 0.492. The van der Waals surface area contributed by atoms with Crippen LogP contribution in [0.1, 0.15) is 39.0 Å². The van der Waals surface area contributed by atoms with Crippen LogP contribution in [0.15, 0.2) is 0 Å². The Morgan fingerprint density at radius 1 is 1.36 bits per heavy atom. The molecule has 0 N–H and O–H groups in total. The molecule has 0 unspecified atom stereocenters. The van der Waals surface area contributed by atoms with Gasteiger partial charge in [0.05, 0.1) is 0 Å². The van der Waals surface area contributed by atoms with Crippen molar-refractivity contribution in [3.05, 3.63) is 0 Å². The van der Waals surface area contributed by atoms with E-state index in [0.717, 1.165) is 6.54 Å². The standard InChI is InChI=1S/C9H16NO/c1-2-10(8-11)9-6-4-3-5-7-9/h9H,2-7H2,1H3. The molecule has 0 saturated heterocycles. The molecule has 0 spiro atoms. The van der Waals surface area contributed by atoms with E-state index in [2.05, 4.69) is 0 Å². The van der Waals surface area contributed by atoms with Gasteiger partial charge in [0.1, 0.15) is 0 Å². The van der Waals surface area contributed by atoms with E-state index in [1.54, 1.807) is 4.90 Å². The fourth-order valence-corrected chi connectivity index (χ4v) is 1.79. The lowest BCUT2D eigenvalue weighted by atomic mass is 9.94. The van der Waals surface area contributed by atoms with Crippen LogP contribution < -0.4 is 0 Å². The molecule has 1 saturated carbocycles. The quantitative estimate of drug-likeness (QED) is 0.567. The molecule has 1 aliphatic rings. The maximum Gasteiger partial charge on any atom is 0.312 e. The normalized spacial score (nSPS) is 19.7. The molecule has 63 valence electrons. The fraction of sp³-hybridized carbons (Fsp3) is 0.889. The molecule has 1 rings (SSSR count). The largest absolute Gasteiger partial charge is 0.332 e. The summed E-state index contributed by atoms with van der Waals surface area (Å²) < 4.78 is 0. The Kier molecular flexibility index (Phi) is 3.40. The molecule has 1 aliphatic carbocycles. The monoisotopic (exact) mass is 154 g/mol. The molecule has 2 nitrogen and oxygen atoms in total. The summed E-state index contributed by atoms with van der Waals surface area (Å²) in [7, 11) is 0. The summed E-state index contributed by atoms with van der Waals surface area (Å²) in [4.78, 5) is 12.2. The van der Waals surface area contributed by atoms with Crippen LogP contribution in [0.4, 0.5) is 0 Å². The zero-order valence-corrected chi connectivity index (χ0v) is 7.18. The Hall–Kier alpha value is -0.530. The van der Waals surface area contributed by atoms with Crippen LogP contribution in [0, 0.1) is 0 Å². The zero-order chi connectivity index (χ0) is 8.10. The van der Waals surface area contributed by atoms with Crippen molar-refractivity contribution in [3.63, 3.8) is 0 Å². The van der Waals surface area contributed by atoms with Gasteiger partial charge in [0.2, 0.25) is 0 Å². The zero-order valence-electron chi connectivity index (χ0n) is 7.18. The predicted octanol–water partition coefficient (Wildman–Crippen LogP) is 1.71. The lowest BCUT2D eigenvalue weighted by Gasteiger charge is -2.29. The second kappa shape index (κ2) is 4.37. The Bertz CT molecular complexity index is 119. The molecule has 1 radical (unpaired) electrons. The molecular weight excluding hydrogens is 138 g/mol. The lowest BCUT2D eigenvalue weighted by molar-refractivity contribution is 0.242. The third kappa shape index (κ3) is 2.21. The van der Waals surface area contributed by atoms with Crippen molar-refractivity contribution in [3.8, 4) is 0 Å². The summed E-state index contributed by atoms with van der Waals surface area (Å²) >= 11 is 0. The topological polar surface area (TPSA) is 20.3 Å². The van der Waals surface area contributed by atoms with E-state index in [1.165, 1.54) is 32.1 Å². The van der Waals surface area contributed by atoms with Gasteiger partial charge in [-0.25, -0.2) is 0 Å². The van der Waals surface area contributed by atoms with Gasteiger partial charge in [-0.2, -0.15) is 0 Å². The molecule has 0 aromatic rings. The maximum absolute atomic E-state index is 10.4. The van der Waals surface area contributed by atoms with Crippen molar-refractivity contribution >= 4 is 6.41 Å². The summed E-state index contributed by atoms with van der Waals surface area (Å²) in [6.07, 6.45) is 8.27. The van der Waals surface area contributed by atoms with Gasteiger partial charge in [0.15, 0.2) is 0 Å². The van der Waals surface area contributed by atoms with Crippen molar-refractivity contribution in [1.82, 2.24) is 4.90 Å². The molecule has 11 heavy (non-hydrogen) atoms.